The van der Waals surface area contributed by atoms with Crippen LogP contribution in [0.3, 0.4) is 0 Å². The quantitative estimate of drug-likeness (QED) is 0.700. The lowest BCUT2D eigenvalue weighted by Gasteiger charge is -2.03. The Morgan fingerprint density at radius 1 is 1.23 bits per heavy atom. The molecule has 0 aliphatic carbocycles. The van der Waals surface area contributed by atoms with Crippen LogP contribution in [0.15, 0.2) is 30.3 Å². The summed E-state index contributed by atoms with van der Waals surface area (Å²) in [6.45, 7) is -0.864. The summed E-state index contributed by atoms with van der Waals surface area (Å²) in [6, 6.07) is 6.47. The fourth-order valence-electron chi connectivity index (χ4n) is 0.953. The van der Waals surface area contributed by atoms with Crippen LogP contribution in [0.25, 0.3) is 6.08 Å². The Bertz CT molecular complexity index is 277. The SMILES string of the molecule is C/C=C/c1ccc(OC(F)F)cc1. The highest BCUT2D eigenvalue weighted by atomic mass is 19.3. The Hall–Kier alpha value is -1.38. The van der Waals surface area contributed by atoms with Gasteiger partial charge in [0.15, 0.2) is 0 Å². The van der Waals surface area contributed by atoms with Crippen molar-refractivity contribution in [2.45, 2.75) is 13.5 Å². The van der Waals surface area contributed by atoms with E-state index in [1.54, 1.807) is 12.1 Å². The summed E-state index contributed by atoms with van der Waals surface area (Å²) in [5.41, 5.74) is 0.962. The Morgan fingerprint density at radius 2 is 1.85 bits per heavy atom. The van der Waals surface area contributed by atoms with E-state index in [2.05, 4.69) is 4.74 Å². The molecule has 1 aromatic rings. The summed E-state index contributed by atoms with van der Waals surface area (Å²) in [5.74, 6) is 0.184. The molecular weight excluding hydrogens is 174 g/mol. The van der Waals surface area contributed by atoms with Gasteiger partial charge in [-0.1, -0.05) is 24.3 Å². The van der Waals surface area contributed by atoms with Gasteiger partial charge in [-0.3, -0.25) is 0 Å². The Balaban J connectivity index is 2.69. The first-order valence-electron chi connectivity index (χ1n) is 3.90. The topological polar surface area (TPSA) is 9.23 Å². The molecule has 0 bridgehead atoms. The third kappa shape index (κ3) is 3.23. The number of ether oxygens (including phenoxy) is 1. The molecule has 0 atom stereocenters. The molecule has 0 aliphatic heterocycles. The summed E-state index contributed by atoms with van der Waals surface area (Å²) >= 11 is 0. The lowest BCUT2D eigenvalue weighted by atomic mass is 10.2. The second-order valence-electron chi connectivity index (χ2n) is 2.45. The maximum atomic E-state index is 11.7. The van der Waals surface area contributed by atoms with E-state index in [0.717, 1.165) is 5.56 Å². The average Bonchev–Trinajstić information content (AvgIpc) is 2.08. The van der Waals surface area contributed by atoms with E-state index in [1.165, 1.54) is 12.1 Å². The van der Waals surface area contributed by atoms with Gasteiger partial charge in [-0.05, 0) is 24.6 Å². The van der Waals surface area contributed by atoms with Crippen molar-refractivity contribution < 1.29 is 13.5 Å². The highest BCUT2D eigenvalue weighted by Gasteiger charge is 2.02. The zero-order chi connectivity index (χ0) is 9.68. The molecule has 1 rings (SSSR count). The third-order valence-corrected chi connectivity index (χ3v) is 1.46. The van der Waals surface area contributed by atoms with E-state index < -0.39 is 6.61 Å². The maximum absolute atomic E-state index is 11.7. The van der Waals surface area contributed by atoms with Gasteiger partial charge >= 0.3 is 6.61 Å². The molecule has 0 saturated heterocycles. The number of hydrogen-bond acceptors (Lipinski definition) is 1. The van der Waals surface area contributed by atoms with Crippen LogP contribution in [0, 0.1) is 0 Å². The van der Waals surface area contributed by atoms with Crippen LogP contribution in [0.1, 0.15) is 12.5 Å². The zero-order valence-corrected chi connectivity index (χ0v) is 7.21. The molecule has 0 fully saturated rings. The van der Waals surface area contributed by atoms with Crippen LogP contribution in [-0.2, 0) is 0 Å². The van der Waals surface area contributed by atoms with Gasteiger partial charge in [-0.25, -0.2) is 0 Å². The Labute approximate surface area is 75.6 Å². The molecule has 1 nitrogen and oxygen atoms in total. The minimum absolute atomic E-state index is 0.184. The van der Waals surface area contributed by atoms with Gasteiger partial charge in [-0.15, -0.1) is 0 Å². The molecule has 0 radical (unpaired) electrons. The van der Waals surface area contributed by atoms with Crippen molar-refractivity contribution in [3.8, 4) is 5.75 Å². The molecule has 0 saturated carbocycles. The normalized spacial score (nSPS) is 11.1. The molecular formula is C10H10F2O. The fraction of sp³-hybridized carbons (Fsp3) is 0.200. The van der Waals surface area contributed by atoms with Crippen LogP contribution in [0.4, 0.5) is 8.78 Å². The Morgan fingerprint density at radius 3 is 2.31 bits per heavy atom. The second kappa shape index (κ2) is 4.60. The van der Waals surface area contributed by atoms with Crippen molar-refractivity contribution in [2.75, 3.05) is 0 Å². The van der Waals surface area contributed by atoms with Gasteiger partial charge in [0.25, 0.3) is 0 Å². The van der Waals surface area contributed by atoms with Crippen LogP contribution >= 0.6 is 0 Å². The second-order valence-corrected chi connectivity index (χ2v) is 2.45. The van der Waals surface area contributed by atoms with Crippen molar-refractivity contribution in [3.05, 3.63) is 35.9 Å². The predicted octanol–water partition coefficient (Wildman–Crippen LogP) is 3.32. The largest absolute Gasteiger partial charge is 0.435 e. The first kappa shape index (κ1) is 9.71. The van der Waals surface area contributed by atoms with Crippen molar-refractivity contribution in [3.63, 3.8) is 0 Å². The van der Waals surface area contributed by atoms with Crippen molar-refractivity contribution in [1.82, 2.24) is 0 Å². The first-order valence-corrected chi connectivity index (χ1v) is 3.90. The highest BCUT2D eigenvalue weighted by molar-refractivity contribution is 5.50. The molecule has 0 spiro atoms. The van der Waals surface area contributed by atoms with Gasteiger partial charge in [-0.2, -0.15) is 8.78 Å². The van der Waals surface area contributed by atoms with Gasteiger partial charge in [0, 0.05) is 0 Å². The van der Waals surface area contributed by atoms with Gasteiger partial charge < -0.3 is 4.74 Å². The number of hydrogen-bond donors (Lipinski definition) is 0. The summed E-state index contributed by atoms with van der Waals surface area (Å²) < 4.78 is 27.7. The molecule has 0 heterocycles. The number of halogens is 2. The van der Waals surface area contributed by atoms with E-state index in [1.807, 2.05) is 19.1 Å². The van der Waals surface area contributed by atoms with E-state index in [9.17, 15) is 8.78 Å². The molecule has 0 amide bonds. The molecule has 0 unspecified atom stereocenters. The maximum Gasteiger partial charge on any atom is 0.387 e. The summed E-state index contributed by atoms with van der Waals surface area (Å²) in [5, 5.41) is 0. The van der Waals surface area contributed by atoms with Crippen LogP contribution in [-0.4, -0.2) is 6.61 Å². The predicted molar refractivity (Wildman–Crippen MR) is 47.8 cm³/mol. The summed E-state index contributed by atoms with van der Waals surface area (Å²) in [4.78, 5) is 0. The number of rotatable bonds is 3. The minimum Gasteiger partial charge on any atom is -0.435 e. The smallest absolute Gasteiger partial charge is 0.387 e. The standard InChI is InChI=1S/C10H10F2O/c1-2-3-8-4-6-9(7-5-8)13-10(11)12/h2-7,10H,1H3/b3-2+. The van der Waals surface area contributed by atoms with E-state index >= 15 is 0 Å². The molecule has 0 aliphatic rings. The highest BCUT2D eigenvalue weighted by Crippen LogP contribution is 2.15. The van der Waals surface area contributed by atoms with Gasteiger partial charge in [0.05, 0.1) is 0 Å². The molecule has 1 aromatic carbocycles. The van der Waals surface area contributed by atoms with Crippen molar-refractivity contribution in [1.29, 1.82) is 0 Å². The molecule has 0 aromatic heterocycles. The zero-order valence-electron chi connectivity index (χ0n) is 7.21. The van der Waals surface area contributed by atoms with Crippen LogP contribution in [0.2, 0.25) is 0 Å². The molecule has 0 N–H and O–H groups in total. The number of benzene rings is 1. The van der Waals surface area contributed by atoms with Crippen LogP contribution in [0.5, 0.6) is 5.75 Å². The van der Waals surface area contributed by atoms with E-state index in [0.29, 0.717) is 0 Å². The average molecular weight is 184 g/mol. The van der Waals surface area contributed by atoms with Crippen molar-refractivity contribution >= 4 is 6.08 Å². The third-order valence-electron chi connectivity index (χ3n) is 1.46. The lowest BCUT2D eigenvalue weighted by Crippen LogP contribution is -2.01. The van der Waals surface area contributed by atoms with Crippen molar-refractivity contribution in [2.24, 2.45) is 0 Å². The fourth-order valence-corrected chi connectivity index (χ4v) is 0.953. The van der Waals surface area contributed by atoms with Gasteiger partial charge in [0.1, 0.15) is 5.75 Å². The number of alkyl halides is 2. The summed E-state index contributed by atoms with van der Waals surface area (Å²) in [7, 11) is 0. The Kier molecular flexibility index (Phi) is 3.43. The molecule has 70 valence electrons. The monoisotopic (exact) mass is 184 g/mol. The summed E-state index contributed by atoms with van der Waals surface area (Å²) in [6.07, 6.45) is 3.76. The van der Waals surface area contributed by atoms with E-state index in [4.69, 9.17) is 0 Å². The first-order chi connectivity index (χ1) is 6.22. The van der Waals surface area contributed by atoms with Crippen LogP contribution < -0.4 is 4.74 Å². The molecule has 3 heteroatoms. The lowest BCUT2D eigenvalue weighted by molar-refractivity contribution is -0.0498. The minimum atomic E-state index is -2.76. The molecule has 13 heavy (non-hydrogen) atoms. The number of allylic oxidation sites excluding steroid dienone is 1. The van der Waals surface area contributed by atoms with E-state index in [-0.39, 0.29) is 5.75 Å². The van der Waals surface area contributed by atoms with Gasteiger partial charge in [0.2, 0.25) is 0 Å².